The van der Waals surface area contributed by atoms with Crippen molar-refractivity contribution in [1.29, 1.82) is 0 Å². The minimum Gasteiger partial charge on any atom is -0.497 e. The number of hydrogen-bond donors (Lipinski definition) is 0. The minimum absolute atomic E-state index is 0.0502. The van der Waals surface area contributed by atoms with Gasteiger partial charge in [-0.15, -0.1) is 23.6 Å². The summed E-state index contributed by atoms with van der Waals surface area (Å²) >= 11 is 2.07. The lowest BCUT2D eigenvalue weighted by Crippen LogP contribution is -2.63. The molecule has 0 bridgehead atoms. The molecule has 7 heteroatoms. The number of carbonyl (C=O) groups is 1. The molecule has 2 aliphatic rings. The van der Waals surface area contributed by atoms with Crippen molar-refractivity contribution in [3.8, 4) is 23.7 Å². The molecule has 0 amide bonds. The second kappa shape index (κ2) is 56.6. The molecule has 0 saturated carbocycles. The maximum absolute atomic E-state index is 15.3. The number of piperazine rings is 1. The molecule has 2 fully saturated rings. The fourth-order valence-corrected chi connectivity index (χ4v) is 14.6. The summed E-state index contributed by atoms with van der Waals surface area (Å²) in [5.41, 5.74) is 0. The fourth-order valence-electron chi connectivity index (χ4n) is 13.3. The van der Waals surface area contributed by atoms with Gasteiger partial charge in [-0.1, -0.05) is 312 Å². The third-order valence-electron chi connectivity index (χ3n) is 19.2. The Balaban J connectivity index is 2.45. The van der Waals surface area contributed by atoms with Crippen molar-refractivity contribution in [3.05, 3.63) is 36.2 Å². The lowest BCUT2D eigenvalue weighted by molar-refractivity contribution is -0.128. The van der Waals surface area contributed by atoms with Crippen LogP contribution < -0.4 is 0 Å². The van der Waals surface area contributed by atoms with Gasteiger partial charge in [0.15, 0.2) is 5.78 Å². The van der Waals surface area contributed by atoms with Gasteiger partial charge in [0.25, 0.3) is 0 Å². The molecule has 0 aromatic heterocycles. The van der Waals surface area contributed by atoms with Crippen molar-refractivity contribution in [1.82, 2.24) is 14.7 Å². The van der Waals surface area contributed by atoms with E-state index in [2.05, 4.69) is 112 Å². The molecule has 2 saturated heterocycles. The van der Waals surface area contributed by atoms with Gasteiger partial charge in [-0.2, -0.15) is 0 Å². The first-order chi connectivity index (χ1) is 42.6. The zero-order valence-electron chi connectivity index (χ0n) is 59.3. The molecule has 0 aromatic carbocycles. The molecular weight excluding hydrogens is 1080 g/mol. The van der Waals surface area contributed by atoms with E-state index in [0.29, 0.717) is 42.6 Å². The van der Waals surface area contributed by atoms with Crippen molar-refractivity contribution in [2.24, 2.45) is 17.8 Å². The highest BCUT2D eigenvalue weighted by atomic mass is 32.2. The summed E-state index contributed by atoms with van der Waals surface area (Å²) in [6, 6.07) is 0.219. The zero-order valence-corrected chi connectivity index (χ0v) is 60.1. The Labute approximate surface area is 547 Å². The van der Waals surface area contributed by atoms with Crippen LogP contribution in [0.3, 0.4) is 0 Å². The van der Waals surface area contributed by atoms with Crippen LogP contribution in [-0.2, 0) is 14.3 Å². The molecule has 0 N–H and O–H groups in total. The highest BCUT2D eigenvalue weighted by Crippen LogP contribution is 2.36. The van der Waals surface area contributed by atoms with Crippen LogP contribution in [-0.4, -0.2) is 89.9 Å². The molecular formula is C80H145N3O3S. The number of unbranched alkanes of at least 4 members (excludes halogenated alkanes) is 29. The lowest BCUT2D eigenvalue weighted by atomic mass is 9.87. The van der Waals surface area contributed by atoms with Gasteiger partial charge in [-0.25, -0.2) is 0 Å². The Morgan fingerprint density at radius 1 is 0.460 bits per heavy atom. The largest absolute Gasteiger partial charge is 0.497 e. The van der Waals surface area contributed by atoms with Gasteiger partial charge in [-0.05, 0) is 55.8 Å². The van der Waals surface area contributed by atoms with Gasteiger partial charge in [0, 0.05) is 69.6 Å². The van der Waals surface area contributed by atoms with E-state index in [-0.39, 0.29) is 23.9 Å². The molecule has 6 nitrogen and oxygen atoms in total. The van der Waals surface area contributed by atoms with Crippen molar-refractivity contribution >= 4 is 17.5 Å². The summed E-state index contributed by atoms with van der Waals surface area (Å²) in [5.74, 6) is 17.4. The van der Waals surface area contributed by atoms with E-state index >= 15 is 4.79 Å². The predicted molar refractivity (Wildman–Crippen MR) is 385 cm³/mol. The number of hydrogen-bond acceptors (Lipinski definition) is 7. The number of Topliss-reactive ketones (excluding diaryl/α,β-unsaturated/α-hetero) is 1. The summed E-state index contributed by atoms with van der Waals surface area (Å²) in [4.78, 5) is 24.5. The Morgan fingerprint density at radius 2 is 0.885 bits per heavy atom. The van der Waals surface area contributed by atoms with Crippen LogP contribution in [0.5, 0.6) is 0 Å². The maximum atomic E-state index is 15.3. The Morgan fingerprint density at radius 3 is 1.40 bits per heavy atom. The molecule has 504 valence electrons. The fraction of sp³-hybridized carbons (Fsp3) is 0.863. The normalized spacial score (nSPS) is 16.8. The molecule has 0 radical (unpaired) electrons. The Kier molecular flexibility index (Phi) is 52.6. The highest BCUT2D eigenvalue weighted by molar-refractivity contribution is 8.03. The summed E-state index contributed by atoms with van der Waals surface area (Å²) in [5, 5.41) is 0.595. The van der Waals surface area contributed by atoms with Crippen LogP contribution >= 0.6 is 11.8 Å². The third-order valence-corrected chi connectivity index (χ3v) is 20.5. The maximum Gasteiger partial charge on any atom is 0.150 e. The predicted octanol–water partition coefficient (Wildman–Crippen LogP) is 23.6. The molecule has 2 rings (SSSR count). The highest BCUT2D eigenvalue weighted by Gasteiger charge is 2.39. The van der Waals surface area contributed by atoms with Crippen molar-refractivity contribution in [3.63, 3.8) is 0 Å². The summed E-state index contributed by atoms with van der Waals surface area (Å²) in [6.45, 7) is 38.4. The van der Waals surface area contributed by atoms with Crippen molar-refractivity contribution in [2.45, 2.75) is 381 Å². The van der Waals surface area contributed by atoms with Gasteiger partial charge in [-0.3, -0.25) is 19.5 Å². The first kappa shape index (κ1) is 80.9. The quantitative estimate of drug-likeness (QED) is 0.0342. The molecule has 7 unspecified atom stereocenters. The van der Waals surface area contributed by atoms with Crippen LogP contribution in [0.4, 0.5) is 0 Å². The van der Waals surface area contributed by atoms with E-state index in [1.165, 1.54) is 255 Å². The summed E-state index contributed by atoms with van der Waals surface area (Å²) in [7, 11) is 0. The molecule has 87 heavy (non-hydrogen) atoms. The average molecular weight is 1230 g/mol. The van der Waals surface area contributed by atoms with Gasteiger partial charge in [0.1, 0.15) is 19.0 Å². The zero-order chi connectivity index (χ0) is 63.2. The van der Waals surface area contributed by atoms with Crippen LogP contribution in [0.1, 0.15) is 357 Å². The van der Waals surface area contributed by atoms with E-state index in [1.54, 1.807) is 0 Å². The summed E-state index contributed by atoms with van der Waals surface area (Å²) < 4.78 is 13.6. The van der Waals surface area contributed by atoms with E-state index in [0.717, 1.165) is 89.3 Å². The first-order valence-electron chi connectivity index (χ1n) is 38.2. The van der Waals surface area contributed by atoms with Gasteiger partial charge in [0.2, 0.25) is 0 Å². The standard InChI is InChI=1S/C80H145N3O3S/c1-12-20-28-35-36-37-42-50-58-77(57-49-41-32-24-16-5)87-71(10)64-79(80(84)65-73(51-43-27-19-8)52-46-38-29-21-13-2)83-60-59-76-66-81(61-62-82(76)69-83)78(72(11)86-68-75(54-45-34-26-18-7)56-48-40-31-23-15-4)63-70(9)85-67-74(53-44-33-25-17-6)55-47-39-30-22-14-3/h73-79H,9-46,49-54,57-69H2,1-8H3. The minimum atomic E-state index is -0.117. The first-order valence-corrected chi connectivity index (χ1v) is 39.1. The smallest absolute Gasteiger partial charge is 0.150 e. The number of nitrogens with zero attached hydrogens (tertiary/aromatic N) is 3. The second-order valence-electron chi connectivity index (χ2n) is 27.4. The Hall–Kier alpha value is -2.16. The van der Waals surface area contributed by atoms with Gasteiger partial charge >= 0.3 is 0 Å². The number of fused-ring (bicyclic) bond motifs is 1. The Bertz CT molecular complexity index is 1810. The third kappa shape index (κ3) is 41.1. The van der Waals surface area contributed by atoms with Crippen molar-refractivity contribution < 1.29 is 14.3 Å². The van der Waals surface area contributed by atoms with E-state index < -0.39 is 0 Å². The summed E-state index contributed by atoms with van der Waals surface area (Å²) in [6.07, 6.45) is 57.0. The molecule has 7 atom stereocenters. The number of ketones is 1. The van der Waals surface area contributed by atoms with Crippen LogP contribution in [0.15, 0.2) is 36.2 Å². The molecule has 0 aliphatic carbocycles. The van der Waals surface area contributed by atoms with Gasteiger partial charge in [0.05, 0.1) is 36.3 Å². The van der Waals surface area contributed by atoms with E-state index in [4.69, 9.17) is 22.6 Å². The SMILES string of the molecule is C=C(CC(C(=C)OCC(C#CCCCCC)CCCCCC)N1CCN2CN(C(CC(=C)SC(CCCCCCC)CCCCCCCCCC)C(=O)CC(CCCCC)CCCCCCC)CCC2C1)OCC(C#CCCCCC)CCCCCC. The number of ether oxygens (including phenoxy) is 2. The van der Waals surface area contributed by atoms with Crippen LogP contribution in [0, 0.1) is 41.4 Å². The average Bonchev–Trinajstić information content (AvgIpc) is 1.50. The lowest BCUT2D eigenvalue weighted by Gasteiger charge is -2.50. The van der Waals surface area contributed by atoms with E-state index in [1.807, 2.05) is 0 Å². The van der Waals surface area contributed by atoms with Crippen LogP contribution in [0.25, 0.3) is 0 Å². The molecule has 2 heterocycles. The molecule has 2 aliphatic heterocycles. The molecule has 0 aromatic rings. The van der Waals surface area contributed by atoms with Gasteiger partial charge < -0.3 is 9.47 Å². The number of carbonyl (C=O) groups excluding carboxylic acids is 1. The topological polar surface area (TPSA) is 45.2 Å². The monoisotopic (exact) mass is 1230 g/mol. The van der Waals surface area contributed by atoms with Crippen LogP contribution in [0.2, 0.25) is 0 Å². The number of rotatable bonds is 59. The number of thioether (sulfide) groups is 1. The van der Waals surface area contributed by atoms with Crippen molar-refractivity contribution in [2.75, 3.05) is 46.1 Å². The van der Waals surface area contributed by atoms with E-state index in [9.17, 15) is 0 Å². The second-order valence-corrected chi connectivity index (χ2v) is 28.9. The molecule has 0 spiro atoms.